The van der Waals surface area contributed by atoms with Crippen LogP contribution in [0.1, 0.15) is 25.3 Å². The van der Waals surface area contributed by atoms with Crippen molar-refractivity contribution in [1.82, 2.24) is 0 Å². The molecule has 1 aliphatic rings. The van der Waals surface area contributed by atoms with E-state index in [4.69, 9.17) is 11.6 Å². The van der Waals surface area contributed by atoms with Gasteiger partial charge in [-0.3, -0.25) is 0 Å². The first kappa shape index (κ1) is 12.3. The number of halogens is 2. The predicted octanol–water partition coefficient (Wildman–Crippen LogP) is 4.47. The summed E-state index contributed by atoms with van der Waals surface area (Å²) >= 11 is 9.78. The lowest BCUT2D eigenvalue weighted by molar-refractivity contribution is 0.447. The average Bonchev–Trinajstić information content (AvgIpc) is 2.28. The van der Waals surface area contributed by atoms with E-state index in [1.807, 2.05) is 0 Å². The van der Waals surface area contributed by atoms with Crippen molar-refractivity contribution in [1.29, 1.82) is 0 Å². The minimum atomic E-state index is 0.778. The quantitative estimate of drug-likeness (QED) is 0.729. The first-order valence-electron chi connectivity index (χ1n) is 5.80. The molecule has 1 saturated heterocycles. The molecule has 1 heterocycles. The van der Waals surface area contributed by atoms with Gasteiger partial charge < -0.3 is 4.90 Å². The van der Waals surface area contributed by atoms with Crippen LogP contribution in [0.2, 0.25) is 5.02 Å². The fourth-order valence-corrected chi connectivity index (χ4v) is 2.97. The molecule has 1 nitrogen and oxygen atoms in total. The van der Waals surface area contributed by atoms with Gasteiger partial charge >= 0.3 is 0 Å². The van der Waals surface area contributed by atoms with Gasteiger partial charge in [-0.2, -0.15) is 0 Å². The second kappa shape index (κ2) is 5.42. The third kappa shape index (κ3) is 2.72. The Morgan fingerprint density at radius 3 is 2.94 bits per heavy atom. The smallest absolute Gasteiger partial charge is 0.0642 e. The highest BCUT2D eigenvalue weighted by molar-refractivity contribution is 9.08. The molecule has 1 fully saturated rings. The molecule has 2 rings (SSSR count). The molecule has 3 heteroatoms. The predicted molar refractivity (Wildman–Crippen MR) is 74.7 cm³/mol. The van der Waals surface area contributed by atoms with Gasteiger partial charge in [-0.25, -0.2) is 0 Å². The molecule has 0 spiro atoms. The van der Waals surface area contributed by atoms with Gasteiger partial charge in [0.15, 0.2) is 0 Å². The van der Waals surface area contributed by atoms with Gasteiger partial charge in [0.1, 0.15) is 0 Å². The molecule has 16 heavy (non-hydrogen) atoms. The van der Waals surface area contributed by atoms with Gasteiger partial charge in [-0.1, -0.05) is 40.5 Å². The summed E-state index contributed by atoms with van der Waals surface area (Å²) in [6.45, 7) is 4.58. The Labute approximate surface area is 111 Å². The lowest BCUT2D eigenvalue weighted by atomic mass is 9.99. The number of benzene rings is 1. The number of piperidine rings is 1. The molecule has 0 aromatic heterocycles. The van der Waals surface area contributed by atoms with Crippen molar-refractivity contribution in [3.8, 4) is 0 Å². The summed E-state index contributed by atoms with van der Waals surface area (Å²) in [5.41, 5.74) is 2.43. The maximum absolute atomic E-state index is 6.33. The molecule has 0 saturated carbocycles. The van der Waals surface area contributed by atoms with Crippen molar-refractivity contribution in [2.24, 2.45) is 5.92 Å². The number of hydrogen-bond acceptors (Lipinski definition) is 1. The lowest BCUT2D eigenvalue weighted by Gasteiger charge is -2.33. The summed E-state index contributed by atoms with van der Waals surface area (Å²) in [5.74, 6) is 0.778. The minimum Gasteiger partial charge on any atom is -0.370 e. The summed E-state index contributed by atoms with van der Waals surface area (Å²) in [6.07, 6.45) is 2.62. The fraction of sp³-hybridized carbons (Fsp3) is 0.538. The average molecular weight is 303 g/mol. The second-order valence-corrected chi connectivity index (χ2v) is 5.58. The van der Waals surface area contributed by atoms with Crippen molar-refractivity contribution < 1.29 is 0 Å². The zero-order valence-corrected chi connectivity index (χ0v) is 11.9. The van der Waals surface area contributed by atoms with E-state index in [0.717, 1.165) is 29.4 Å². The zero-order chi connectivity index (χ0) is 11.5. The molecule has 0 aliphatic carbocycles. The maximum atomic E-state index is 6.33. The molecular formula is C13H17BrClN. The molecule has 1 unspecified atom stereocenters. The topological polar surface area (TPSA) is 3.24 Å². The van der Waals surface area contributed by atoms with E-state index in [9.17, 15) is 0 Å². The Hall–Kier alpha value is -0.210. The summed E-state index contributed by atoms with van der Waals surface area (Å²) in [7, 11) is 0. The van der Waals surface area contributed by atoms with Gasteiger partial charge in [0.2, 0.25) is 0 Å². The molecule has 88 valence electrons. The summed E-state index contributed by atoms with van der Waals surface area (Å²) in [4.78, 5) is 2.41. The fourth-order valence-electron chi connectivity index (χ4n) is 2.30. The number of rotatable bonds is 2. The van der Waals surface area contributed by atoms with Crippen molar-refractivity contribution in [3.05, 3.63) is 28.8 Å². The number of nitrogens with zero attached hydrogens (tertiary/aromatic N) is 1. The zero-order valence-electron chi connectivity index (χ0n) is 9.55. The van der Waals surface area contributed by atoms with Crippen LogP contribution < -0.4 is 4.90 Å². The van der Waals surface area contributed by atoms with E-state index in [-0.39, 0.29) is 0 Å². The first-order chi connectivity index (χ1) is 7.70. The SMILES string of the molecule is CC1CCCN(c2ccc(CBr)cc2Cl)C1. The third-order valence-electron chi connectivity index (χ3n) is 3.16. The van der Waals surface area contributed by atoms with Crippen molar-refractivity contribution >= 4 is 33.2 Å². The Morgan fingerprint density at radius 2 is 2.31 bits per heavy atom. The summed E-state index contributed by atoms with van der Waals surface area (Å²) in [6, 6.07) is 6.36. The van der Waals surface area contributed by atoms with Crippen LogP contribution in [-0.2, 0) is 5.33 Å². The van der Waals surface area contributed by atoms with Crippen molar-refractivity contribution in [2.45, 2.75) is 25.1 Å². The number of anilines is 1. The van der Waals surface area contributed by atoms with Crippen LogP contribution in [0.25, 0.3) is 0 Å². The highest BCUT2D eigenvalue weighted by atomic mass is 79.9. The van der Waals surface area contributed by atoms with Crippen LogP contribution in [0.5, 0.6) is 0 Å². The van der Waals surface area contributed by atoms with E-state index >= 15 is 0 Å². The highest BCUT2D eigenvalue weighted by Gasteiger charge is 2.18. The summed E-state index contributed by atoms with van der Waals surface area (Å²) in [5, 5.41) is 1.75. The first-order valence-corrected chi connectivity index (χ1v) is 7.30. The Balaban J connectivity index is 2.19. The van der Waals surface area contributed by atoms with Crippen LogP contribution in [0.15, 0.2) is 18.2 Å². The Kier molecular flexibility index (Phi) is 4.15. The number of alkyl halides is 1. The largest absolute Gasteiger partial charge is 0.370 e. The molecule has 0 bridgehead atoms. The van der Waals surface area contributed by atoms with E-state index in [1.54, 1.807) is 0 Å². The molecule has 1 aromatic carbocycles. The standard InChI is InChI=1S/C13H17BrClN/c1-10-3-2-6-16(9-10)13-5-4-11(8-14)7-12(13)15/h4-5,7,10H,2-3,6,8-9H2,1H3. The van der Waals surface area contributed by atoms with Crippen LogP contribution in [0, 0.1) is 5.92 Å². The van der Waals surface area contributed by atoms with Gasteiger partial charge in [-0.05, 0) is 36.5 Å². The van der Waals surface area contributed by atoms with Crippen LogP contribution in [-0.4, -0.2) is 13.1 Å². The van der Waals surface area contributed by atoms with E-state index in [2.05, 4.69) is 46.0 Å². The molecule has 0 radical (unpaired) electrons. The molecule has 0 amide bonds. The second-order valence-electron chi connectivity index (χ2n) is 4.61. The van der Waals surface area contributed by atoms with E-state index < -0.39 is 0 Å². The minimum absolute atomic E-state index is 0.778. The van der Waals surface area contributed by atoms with E-state index in [1.165, 1.54) is 24.1 Å². The van der Waals surface area contributed by atoms with Gasteiger partial charge in [0, 0.05) is 18.4 Å². The summed E-state index contributed by atoms with van der Waals surface area (Å²) < 4.78 is 0. The molecule has 0 N–H and O–H groups in total. The molecule has 1 aromatic rings. The Bertz CT molecular complexity index is 367. The third-order valence-corrected chi connectivity index (χ3v) is 4.11. The normalized spacial score (nSPS) is 21.2. The van der Waals surface area contributed by atoms with Gasteiger partial charge in [0.05, 0.1) is 10.7 Å². The monoisotopic (exact) mass is 301 g/mol. The lowest BCUT2D eigenvalue weighted by Crippen LogP contribution is -2.34. The van der Waals surface area contributed by atoms with Crippen molar-refractivity contribution in [3.63, 3.8) is 0 Å². The van der Waals surface area contributed by atoms with Gasteiger partial charge in [0.25, 0.3) is 0 Å². The Morgan fingerprint density at radius 1 is 1.50 bits per heavy atom. The molecule has 1 atom stereocenters. The van der Waals surface area contributed by atoms with Crippen molar-refractivity contribution in [2.75, 3.05) is 18.0 Å². The molecular weight excluding hydrogens is 286 g/mol. The molecule has 1 aliphatic heterocycles. The van der Waals surface area contributed by atoms with Gasteiger partial charge in [-0.15, -0.1) is 0 Å². The number of hydrogen-bond donors (Lipinski definition) is 0. The van der Waals surface area contributed by atoms with Crippen LogP contribution in [0.3, 0.4) is 0 Å². The van der Waals surface area contributed by atoms with E-state index in [0.29, 0.717) is 0 Å². The highest BCUT2D eigenvalue weighted by Crippen LogP contribution is 2.30. The van der Waals surface area contributed by atoms with Crippen LogP contribution >= 0.6 is 27.5 Å². The maximum Gasteiger partial charge on any atom is 0.0642 e. The van der Waals surface area contributed by atoms with Crippen LogP contribution in [0.4, 0.5) is 5.69 Å².